The fourth-order valence-electron chi connectivity index (χ4n) is 3.27. The number of hydrogen-bond acceptors (Lipinski definition) is 2. The fourth-order valence-corrected chi connectivity index (χ4v) is 3.27. The molecule has 4 heteroatoms. The first-order chi connectivity index (χ1) is 11.8. The normalized spacial score (nSPS) is 18.0. The predicted octanol–water partition coefficient (Wildman–Crippen LogP) is 3.25. The van der Waals surface area contributed by atoms with E-state index in [1.165, 1.54) is 5.56 Å². The summed E-state index contributed by atoms with van der Waals surface area (Å²) >= 11 is 0. The quantitative estimate of drug-likeness (QED) is 0.805. The molecule has 1 fully saturated rings. The molecule has 1 aliphatic heterocycles. The smallest absolute Gasteiger partial charge is 0.254 e. The van der Waals surface area contributed by atoms with E-state index >= 15 is 0 Å². The molecule has 2 heterocycles. The van der Waals surface area contributed by atoms with Crippen LogP contribution in [-0.4, -0.2) is 41.6 Å². The highest BCUT2D eigenvalue weighted by Crippen LogP contribution is 2.18. The van der Waals surface area contributed by atoms with E-state index in [4.69, 9.17) is 4.74 Å². The predicted molar refractivity (Wildman–Crippen MR) is 94.1 cm³/mol. The van der Waals surface area contributed by atoms with E-state index in [1.54, 1.807) is 0 Å². The number of carbonyl (C=O) groups is 1. The maximum atomic E-state index is 12.8. The van der Waals surface area contributed by atoms with E-state index in [-0.39, 0.29) is 12.0 Å². The number of nitrogens with zero attached hydrogens (tertiary/aromatic N) is 1. The molecule has 0 aliphatic carbocycles. The van der Waals surface area contributed by atoms with Crippen molar-refractivity contribution in [1.29, 1.82) is 0 Å². The lowest BCUT2D eigenvalue weighted by atomic mass is 10.1. The number of fused-ring (bicyclic) bond motifs is 1. The number of amides is 1. The highest BCUT2D eigenvalue weighted by Gasteiger charge is 2.25. The van der Waals surface area contributed by atoms with Gasteiger partial charge in [0.1, 0.15) is 0 Å². The molecule has 2 aromatic carbocycles. The standard InChI is InChI=1S/C20H20N2O2/c23-20(17-7-6-16-8-9-21-19(16)13-17)22-10-11-24-18(14-22)12-15-4-2-1-3-5-15/h1-9,13,18,21H,10-12,14H2. The van der Waals surface area contributed by atoms with Gasteiger partial charge in [0.2, 0.25) is 0 Å². The monoisotopic (exact) mass is 320 g/mol. The number of H-pyrrole nitrogens is 1. The van der Waals surface area contributed by atoms with Crippen LogP contribution in [0.15, 0.2) is 60.8 Å². The molecule has 4 nitrogen and oxygen atoms in total. The van der Waals surface area contributed by atoms with Crippen molar-refractivity contribution in [3.05, 3.63) is 71.9 Å². The van der Waals surface area contributed by atoms with Gasteiger partial charge in [0, 0.05) is 36.8 Å². The summed E-state index contributed by atoms with van der Waals surface area (Å²) in [5.74, 6) is 0.0767. The van der Waals surface area contributed by atoms with Gasteiger partial charge in [-0.25, -0.2) is 0 Å². The Morgan fingerprint density at radius 1 is 1.17 bits per heavy atom. The van der Waals surface area contributed by atoms with Crippen LogP contribution in [0.4, 0.5) is 0 Å². The van der Waals surface area contributed by atoms with E-state index in [0.29, 0.717) is 19.7 Å². The Kier molecular flexibility index (Phi) is 4.05. The van der Waals surface area contributed by atoms with Gasteiger partial charge in [0.05, 0.1) is 12.7 Å². The van der Waals surface area contributed by atoms with Crippen molar-refractivity contribution in [3.8, 4) is 0 Å². The van der Waals surface area contributed by atoms with Gasteiger partial charge in [-0.1, -0.05) is 36.4 Å². The molecule has 1 aromatic heterocycles. The molecule has 1 N–H and O–H groups in total. The molecule has 0 radical (unpaired) electrons. The zero-order valence-corrected chi connectivity index (χ0v) is 13.4. The fraction of sp³-hybridized carbons (Fsp3) is 0.250. The second-order valence-corrected chi connectivity index (χ2v) is 6.21. The Hall–Kier alpha value is -2.59. The van der Waals surface area contributed by atoms with Gasteiger partial charge in [-0.2, -0.15) is 0 Å². The summed E-state index contributed by atoms with van der Waals surface area (Å²) in [6.07, 6.45) is 2.78. The van der Waals surface area contributed by atoms with Gasteiger partial charge in [-0.05, 0) is 29.1 Å². The maximum absolute atomic E-state index is 12.8. The molecule has 0 saturated carbocycles. The summed E-state index contributed by atoms with van der Waals surface area (Å²) < 4.78 is 5.86. The number of nitrogens with one attached hydrogen (secondary N) is 1. The lowest BCUT2D eigenvalue weighted by molar-refractivity contribution is -0.0208. The van der Waals surface area contributed by atoms with E-state index in [0.717, 1.165) is 22.9 Å². The molecule has 1 saturated heterocycles. The van der Waals surface area contributed by atoms with E-state index in [1.807, 2.05) is 53.6 Å². The average Bonchev–Trinajstić information content (AvgIpc) is 3.10. The summed E-state index contributed by atoms with van der Waals surface area (Å²) in [5, 5.41) is 1.12. The van der Waals surface area contributed by atoms with Crippen molar-refractivity contribution in [2.45, 2.75) is 12.5 Å². The van der Waals surface area contributed by atoms with Gasteiger partial charge in [0.25, 0.3) is 5.91 Å². The number of rotatable bonds is 3. The minimum atomic E-state index is 0.0549. The van der Waals surface area contributed by atoms with E-state index in [2.05, 4.69) is 17.1 Å². The van der Waals surface area contributed by atoms with E-state index in [9.17, 15) is 4.79 Å². The van der Waals surface area contributed by atoms with Crippen LogP contribution in [0.25, 0.3) is 10.9 Å². The summed E-state index contributed by atoms with van der Waals surface area (Å²) in [6, 6.07) is 18.1. The maximum Gasteiger partial charge on any atom is 0.254 e. The Labute approximate surface area is 141 Å². The molecule has 1 atom stereocenters. The van der Waals surface area contributed by atoms with Crippen molar-refractivity contribution in [3.63, 3.8) is 0 Å². The number of benzene rings is 2. The van der Waals surface area contributed by atoms with Crippen LogP contribution in [0.5, 0.6) is 0 Å². The molecule has 3 aromatic rings. The molecule has 1 aliphatic rings. The Morgan fingerprint density at radius 3 is 2.92 bits per heavy atom. The number of aromatic nitrogens is 1. The number of carbonyl (C=O) groups excluding carboxylic acids is 1. The third-order valence-electron chi connectivity index (χ3n) is 4.53. The first kappa shape index (κ1) is 15.0. The molecular formula is C20H20N2O2. The van der Waals surface area contributed by atoms with Gasteiger partial charge < -0.3 is 14.6 Å². The van der Waals surface area contributed by atoms with Crippen molar-refractivity contribution in [2.75, 3.05) is 19.7 Å². The zero-order valence-electron chi connectivity index (χ0n) is 13.4. The van der Waals surface area contributed by atoms with Crippen LogP contribution < -0.4 is 0 Å². The largest absolute Gasteiger partial charge is 0.374 e. The summed E-state index contributed by atoms with van der Waals surface area (Å²) in [6.45, 7) is 1.87. The number of ether oxygens (including phenoxy) is 1. The summed E-state index contributed by atoms with van der Waals surface area (Å²) in [5.41, 5.74) is 2.96. The van der Waals surface area contributed by atoms with Crippen LogP contribution in [-0.2, 0) is 11.2 Å². The molecule has 0 bridgehead atoms. The summed E-state index contributed by atoms with van der Waals surface area (Å²) in [7, 11) is 0. The van der Waals surface area contributed by atoms with Gasteiger partial charge in [0.15, 0.2) is 0 Å². The zero-order chi connectivity index (χ0) is 16.4. The van der Waals surface area contributed by atoms with Crippen molar-refractivity contribution in [1.82, 2.24) is 9.88 Å². The topological polar surface area (TPSA) is 45.3 Å². The lowest BCUT2D eigenvalue weighted by Gasteiger charge is -2.33. The van der Waals surface area contributed by atoms with Crippen LogP contribution in [0.2, 0.25) is 0 Å². The van der Waals surface area contributed by atoms with Crippen LogP contribution in [0.3, 0.4) is 0 Å². The third kappa shape index (κ3) is 3.05. The molecular weight excluding hydrogens is 300 g/mol. The minimum absolute atomic E-state index is 0.0549. The second-order valence-electron chi connectivity index (χ2n) is 6.21. The molecule has 122 valence electrons. The highest BCUT2D eigenvalue weighted by atomic mass is 16.5. The molecule has 1 unspecified atom stereocenters. The van der Waals surface area contributed by atoms with Crippen LogP contribution in [0, 0.1) is 0 Å². The van der Waals surface area contributed by atoms with Gasteiger partial charge in [-0.3, -0.25) is 4.79 Å². The van der Waals surface area contributed by atoms with Crippen LogP contribution >= 0.6 is 0 Å². The van der Waals surface area contributed by atoms with Gasteiger partial charge >= 0.3 is 0 Å². The SMILES string of the molecule is O=C(c1ccc2cc[nH]c2c1)N1CCOC(Cc2ccccc2)C1. The Bertz CT molecular complexity index is 841. The van der Waals surface area contributed by atoms with Crippen molar-refractivity contribution in [2.24, 2.45) is 0 Å². The van der Waals surface area contributed by atoms with Crippen LogP contribution in [0.1, 0.15) is 15.9 Å². The molecule has 1 amide bonds. The number of aromatic amines is 1. The number of morpholine rings is 1. The van der Waals surface area contributed by atoms with Crippen molar-refractivity contribution < 1.29 is 9.53 Å². The average molecular weight is 320 g/mol. The summed E-state index contributed by atoms with van der Waals surface area (Å²) in [4.78, 5) is 17.9. The Morgan fingerprint density at radius 2 is 2.04 bits per heavy atom. The first-order valence-corrected chi connectivity index (χ1v) is 8.31. The second kappa shape index (κ2) is 6.49. The molecule has 0 spiro atoms. The van der Waals surface area contributed by atoms with Gasteiger partial charge in [-0.15, -0.1) is 0 Å². The first-order valence-electron chi connectivity index (χ1n) is 8.31. The minimum Gasteiger partial charge on any atom is -0.374 e. The molecule has 4 rings (SSSR count). The number of hydrogen-bond donors (Lipinski definition) is 1. The van der Waals surface area contributed by atoms with E-state index < -0.39 is 0 Å². The third-order valence-corrected chi connectivity index (χ3v) is 4.53. The highest BCUT2D eigenvalue weighted by molar-refractivity contribution is 5.98. The Balaban J connectivity index is 1.47. The van der Waals surface area contributed by atoms with Crippen molar-refractivity contribution >= 4 is 16.8 Å². The lowest BCUT2D eigenvalue weighted by Crippen LogP contribution is -2.46. The molecule has 24 heavy (non-hydrogen) atoms.